The van der Waals surface area contributed by atoms with Crippen LogP contribution in [-0.4, -0.2) is 53.4 Å². The fourth-order valence-electron chi connectivity index (χ4n) is 2.55. The molecule has 1 aromatic carbocycles. The molecule has 1 aliphatic heterocycles. The van der Waals surface area contributed by atoms with Gasteiger partial charge in [-0.2, -0.15) is 4.31 Å². The van der Waals surface area contributed by atoms with E-state index in [9.17, 15) is 13.2 Å². The lowest BCUT2D eigenvalue weighted by molar-refractivity contribution is -0.113. The van der Waals surface area contributed by atoms with E-state index in [1.165, 1.54) is 39.5 Å². The Balaban J connectivity index is 1.53. The predicted octanol–water partition coefficient (Wildman–Crippen LogP) is 3.17. The van der Waals surface area contributed by atoms with Crippen LogP contribution in [0.5, 0.6) is 0 Å². The molecular weight excluding hydrogens is 424 g/mol. The van der Waals surface area contributed by atoms with E-state index >= 15 is 0 Å². The lowest BCUT2D eigenvalue weighted by Crippen LogP contribution is -2.27. The van der Waals surface area contributed by atoms with Crippen LogP contribution in [0.4, 0.5) is 5.69 Å². The zero-order valence-corrected chi connectivity index (χ0v) is 18.0. The summed E-state index contributed by atoms with van der Waals surface area (Å²) in [6.07, 6.45) is 1.80. The first-order valence-electron chi connectivity index (χ1n) is 8.48. The molecule has 27 heavy (non-hydrogen) atoms. The number of carbonyl (C=O) groups excluding carboxylic acids is 1. The van der Waals surface area contributed by atoms with E-state index in [2.05, 4.69) is 15.5 Å². The molecule has 7 nitrogen and oxygen atoms in total. The molecule has 146 valence electrons. The topological polar surface area (TPSA) is 92.3 Å². The van der Waals surface area contributed by atoms with Crippen LogP contribution in [0, 0.1) is 0 Å². The zero-order chi connectivity index (χ0) is 19.3. The lowest BCUT2D eigenvalue weighted by Gasteiger charge is -2.15. The molecule has 1 N–H and O–H groups in total. The minimum atomic E-state index is -3.43. The van der Waals surface area contributed by atoms with Gasteiger partial charge in [0, 0.05) is 18.8 Å². The summed E-state index contributed by atoms with van der Waals surface area (Å²) in [7, 11) is -3.43. The van der Waals surface area contributed by atoms with Crippen molar-refractivity contribution in [1.29, 1.82) is 0 Å². The summed E-state index contributed by atoms with van der Waals surface area (Å²) in [6, 6.07) is 6.31. The number of aromatic nitrogens is 2. The molecule has 3 rings (SSSR count). The predicted molar refractivity (Wildman–Crippen MR) is 110 cm³/mol. The third-order valence-electron chi connectivity index (χ3n) is 3.82. The maximum Gasteiger partial charge on any atom is 0.243 e. The summed E-state index contributed by atoms with van der Waals surface area (Å²) in [5.41, 5.74) is 0.570. The van der Waals surface area contributed by atoms with E-state index in [4.69, 9.17) is 0 Å². The standard InChI is InChI=1S/C16H20N4O3S4/c1-2-24-15-18-19-16(26-15)25-11-14(21)17-12-5-7-13(8-6-12)27(22,23)20-9-3-4-10-20/h5-8H,2-4,9-11H2,1H3,(H,17,21). The first-order chi connectivity index (χ1) is 13.0. The van der Waals surface area contributed by atoms with Crippen molar-refractivity contribution in [3.05, 3.63) is 24.3 Å². The first-order valence-corrected chi connectivity index (χ1v) is 12.7. The van der Waals surface area contributed by atoms with Gasteiger partial charge in [-0.25, -0.2) is 8.42 Å². The van der Waals surface area contributed by atoms with E-state index in [0.717, 1.165) is 27.3 Å². The van der Waals surface area contributed by atoms with Crippen LogP contribution in [0.15, 0.2) is 37.8 Å². The molecule has 0 unspecified atom stereocenters. The molecular formula is C16H20N4O3S4. The first kappa shape index (κ1) is 20.6. The van der Waals surface area contributed by atoms with Gasteiger partial charge >= 0.3 is 0 Å². The minimum Gasteiger partial charge on any atom is -0.325 e. The van der Waals surface area contributed by atoms with Crippen LogP contribution in [0.1, 0.15) is 19.8 Å². The fourth-order valence-corrected chi connectivity index (χ4v) is 6.78. The van der Waals surface area contributed by atoms with Crippen molar-refractivity contribution >= 4 is 56.5 Å². The number of nitrogens with zero attached hydrogens (tertiary/aromatic N) is 3. The highest BCUT2D eigenvalue weighted by Gasteiger charge is 2.26. The fraction of sp³-hybridized carbons (Fsp3) is 0.438. The number of rotatable bonds is 8. The number of carbonyl (C=O) groups is 1. The number of benzene rings is 1. The van der Waals surface area contributed by atoms with Crippen LogP contribution >= 0.6 is 34.9 Å². The van der Waals surface area contributed by atoms with Gasteiger partial charge < -0.3 is 5.32 Å². The molecule has 1 aliphatic rings. The Morgan fingerprint density at radius 3 is 2.41 bits per heavy atom. The second-order valence-corrected chi connectivity index (χ2v) is 11.4. The minimum absolute atomic E-state index is 0.171. The highest BCUT2D eigenvalue weighted by atomic mass is 32.2. The van der Waals surface area contributed by atoms with Gasteiger partial charge in [0.15, 0.2) is 8.68 Å². The Hall–Kier alpha value is -1.14. The van der Waals surface area contributed by atoms with Gasteiger partial charge in [-0.3, -0.25) is 4.79 Å². The van der Waals surface area contributed by atoms with Gasteiger partial charge in [-0.1, -0.05) is 41.8 Å². The molecule has 1 saturated heterocycles. The molecule has 0 spiro atoms. The molecule has 0 aliphatic carbocycles. The van der Waals surface area contributed by atoms with Crippen molar-refractivity contribution in [2.75, 3.05) is 29.9 Å². The molecule has 1 fully saturated rings. The van der Waals surface area contributed by atoms with E-state index in [0.29, 0.717) is 18.8 Å². The second-order valence-electron chi connectivity index (χ2n) is 5.74. The van der Waals surface area contributed by atoms with E-state index < -0.39 is 10.0 Å². The number of anilines is 1. The van der Waals surface area contributed by atoms with Crippen molar-refractivity contribution in [3.63, 3.8) is 0 Å². The lowest BCUT2D eigenvalue weighted by atomic mass is 10.3. The number of hydrogen-bond acceptors (Lipinski definition) is 8. The highest BCUT2D eigenvalue weighted by Crippen LogP contribution is 2.28. The molecule has 1 aromatic heterocycles. The number of sulfonamides is 1. The van der Waals surface area contributed by atoms with Gasteiger partial charge in [0.1, 0.15) is 0 Å². The Bertz CT molecular complexity index is 877. The Labute approximate surface area is 171 Å². The monoisotopic (exact) mass is 444 g/mol. The summed E-state index contributed by atoms with van der Waals surface area (Å²) in [6.45, 7) is 3.19. The molecule has 0 saturated carbocycles. The molecule has 2 aromatic rings. The van der Waals surface area contributed by atoms with Crippen molar-refractivity contribution in [1.82, 2.24) is 14.5 Å². The summed E-state index contributed by atoms with van der Waals surface area (Å²) >= 11 is 4.43. The summed E-state index contributed by atoms with van der Waals surface area (Å²) < 4.78 is 28.2. The van der Waals surface area contributed by atoms with Crippen LogP contribution in [0.25, 0.3) is 0 Å². The Morgan fingerprint density at radius 2 is 1.78 bits per heavy atom. The van der Waals surface area contributed by atoms with Crippen LogP contribution in [0.2, 0.25) is 0 Å². The molecule has 0 radical (unpaired) electrons. The Morgan fingerprint density at radius 1 is 1.15 bits per heavy atom. The van der Waals surface area contributed by atoms with Gasteiger partial charge in [0.2, 0.25) is 15.9 Å². The van der Waals surface area contributed by atoms with Crippen LogP contribution in [-0.2, 0) is 14.8 Å². The average molecular weight is 445 g/mol. The quantitative estimate of drug-likeness (QED) is 0.625. The third-order valence-corrected chi connectivity index (χ3v) is 8.81. The van der Waals surface area contributed by atoms with E-state index in [1.54, 1.807) is 23.9 Å². The van der Waals surface area contributed by atoms with Crippen molar-refractivity contribution < 1.29 is 13.2 Å². The summed E-state index contributed by atoms with van der Waals surface area (Å²) in [4.78, 5) is 12.4. The SMILES string of the molecule is CCSc1nnc(SCC(=O)Nc2ccc(S(=O)(=O)N3CCCC3)cc2)s1. The van der Waals surface area contributed by atoms with Gasteiger partial charge in [0.05, 0.1) is 10.6 Å². The summed E-state index contributed by atoms with van der Waals surface area (Å²) in [5, 5.41) is 10.9. The van der Waals surface area contributed by atoms with Crippen molar-refractivity contribution in [2.24, 2.45) is 0 Å². The molecule has 11 heteroatoms. The van der Waals surface area contributed by atoms with Crippen LogP contribution in [0.3, 0.4) is 0 Å². The van der Waals surface area contributed by atoms with Gasteiger partial charge in [-0.05, 0) is 42.9 Å². The van der Waals surface area contributed by atoms with Crippen LogP contribution < -0.4 is 5.32 Å². The molecule has 0 bridgehead atoms. The van der Waals surface area contributed by atoms with E-state index in [1.807, 2.05) is 6.92 Å². The molecule has 0 atom stereocenters. The van der Waals surface area contributed by atoms with Gasteiger partial charge in [-0.15, -0.1) is 10.2 Å². The second kappa shape index (κ2) is 9.37. The smallest absolute Gasteiger partial charge is 0.243 e. The number of thioether (sulfide) groups is 2. The highest BCUT2D eigenvalue weighted by molar-refractivity contribution is 8.03. The van der Waals surface area contributed by atoms with Crippen molar-refractivity contribution in [2.45, 2.75) is 33.3 Å². The summed E-state index contributed by atoms with van der Waals surface area (Å²) in [5.74, 6) is 0.984. The number of amides is 1. The van der Waals surface area contributed by atoms with Gasteiger partial charge in [0.25, 0.3) is 0 Å². The normalized spacial score (nSPS) is 15.1. The maximum absolute atomic E-state index is 12.5. The molecule has 2 heterocycles. The third kappa shape index (κ3) is 5.44. The molecule has 1 amide bonds. The number of hydrogen-bond donors (Lipinski definition) is 1. The van der Waals surface area contributed by atoms with E-state index in [-0.39, 0.29) is 16.6 Å². The maximum atomic E-state index is 12.5. The largest absolute Gasteiger partial charge is 0.325 e. The Kier molecular flexibility index (Phi) is 7.15. The van der Waals surface area contributed by atoms with Crippen molar-refractivity contribution in [3.8, 4) is 0 Å². The zero-order valence-electron chi connectivity index (χ0n) is 14.8. The number of nitrogens with one attached hydrogen (secondary N) is 1. The average Bonchev–Trinajstić information content (AvgIpc) is 3.33.